The van der Waals surface area contributed by atoms with Crippen LogP contribution in [0.3, 0.4) is 0 Å². The summed E-state index contributed by atoms with van der Waals surface area (Å²) in [4.78, 5) is 20.8. The average molecular weight is 287 g/mol. The highest BCUT2D eigenvalue weighted by Crippen LogP contribution is 2.42. The van der Waals surface area contributed by atoms with Crippen molar-refractivity contribution in [3.63, 3.8) is 0 Å². The molecule has 1 rings (SSSR count). The third kappa shape index (κ3) is 2.07. The zero-order valence-electron chi connectivity index (χ0n) is 7.26. The quantitative estimate of drug-likeness (QED) is 0.527. The lowest BCUT2D eigenvalue weighted by Gasteiger charge is -2.09. The number of ether oxygens (including phenoxy) is 1. The molecule has 86 valence electrons. The summed E-state index contributed by atoms with van der Waals surface area (Å²) in [5.74, 6) is -3.79. The van der Waals surface area contributed by atoms with Crippen LogP contribution >= 0.6 is 34.8 Å². The van der Waals surface area contributed by atoms with Gasteiger partial charge in [-0.1, -0.05) is 34.8 Å². The van der Waals surface area contributed by atoms with Crippen LogP contribution < -0.4 is 4.74 Å². The number of rotatable bonds is 3. The number of hydrogen-bond donors (Lipinski definition) is 1. The first-order valence-corrected chi connectivity index (χ1v) is 4.74. The summed E-state index contributed by atoms with van der Waals surface area (Å²) in [6.07, 6.45) is 0. The lowest BCUT2D eigenvalue weighted by Crippen LogP contribution is -2.06. The summed E-state index contributed by atoms with van der Waals surface area (Å²) < 4.78 is 17.7. The largest absolute Gasteiger partial charge is 0.478 e. The molecule has 0 aliphatic heterocycles. The molecule has 8 heteroatoms. The molecule has 0 unspecified atom stereocenters. The van der Waals surface area contributed by atoms with Crippen molar-refractivity contribution in [2.75, 3.05) is 0 Å². The maximum atomic E-state index is 13.5. The van der Waals surface area contributed by atoms with E-state index in [2.05, 4.69) is 4.74 Å². The molecule has 1 aromatic rings. The van der Waals surface area contributed by atoms with Gasteiger partial charge in [0.15, 0.2) is 11.6 Å². The van der Waals surface area contributed by atoms with Gasteiger partial charge in [0.25, 0.3) is 6.47 Å². The van der Waals surface area contributed by atoms with Crippen LogP contribution in [-0.4, -0.2) is 17.5 Å². The fourth-order valence-electron chi connectivity index (χ4n) is 0.951. The number of benzene rings is 1. The summed E-state index contributed by atoms with van der Waals surface area (Å²) in [6, 6.07) is 0. The van der Waals surface area contributed by atoms with Crippen LogP contribution in [0, 0.1) is 5.82 Å². The maximum absolute atomic E-state index is 13.5. The Labute approximate surface area is 103 Å². The minimum absolute atomic E-state index is 0.111. The molecule has 0 amide bonds. The van der Waals surface area contributed by atoms with E-state index in [4.69, 9.17) is 39.9 Å². The highest BCUT2D eigenvalue weighted by Gasteiger charge is 2.26. The fraction of sp³-hybridized carbons (Fsp3) is 0. The smallest absolute Gasteiger partial charge is 0.340 e. The second kappa shape index (κ2) is 4.86. The van der Waals surface area contributed by atoms with Gasteiger partial charge >= 0.3 is 5.97 Å². The Morgan fingerprint density at radius 1 is 1.25 bits per heavy atom. The van der Waals surface area contributed by atoms with Gasteiger partial charge in [0.1, 0.15) is 10.6 Å². The molecule has 0 saturated heterocycles. The van der Waals surface area contributed by atoms with Crippen molar-refractivity contribution in [2.45, 2.75) is 0 Å². The van der Waals surface area contributed by atoms with Gasteiger partial charge in [-0.25, -0.2) is 9.18 Å². The lowest BCUT2D eigenvalue weighted by molar-refractivity contribution is -0.120. The van der Waals surface area contributed by atoms with Crippen LogP contribution in [0.4, 0.5) is 4.39 Å². The van der Waals surface area contributed by atoms with Gasteiger partial charge in [0.05, 0.1) is 10.0 Å². The maximum Gasteiger partial charge on any atom is 0.340 e. The summed E-state index contributed by atoms with van der Waals surface area (Å²) >= 11 is 16.6. The van der Waals surface area contributed by atoms with Gasteiger partial charge in [-0.2, -0.15) is 0 Å². The molecule has 0 fully saturated rings. The van der Waals surface area contributed by atoms with E-state index < -0.39 is 38.2 Å². The van der Waals surface area contributed by atoms with Crippen molar-refractivity contribution in [1.82, 2.24) is 0 Å². The van der Waals surface area contributed by atoms with E-state index in [1.54, 1.807) is 0 Å². The van der Waals surface area contributed by atoms with Crippen molar-refractivity contribution in [3.05, 3.63) is 26.4 Å². The topological polar surface area (TPSA) is 63.6 Å². The number of aromatic carboxylic acids is 1. The molecule has 16 heavy (non-hydrogen) atoms. The lowest BCUT2D eigenvalue weighted by atomic mass is 10.2. The van der Waals surface area contributed by atoms with E-state index in [-0.39, 0.29) is 6.47 Å². The Hall–Kier alpha value is -1.04. The number of carboxylic acid groups (broad SMARTS) is 1. The SMILES string of the molecule is O=COc1c(F)c(C(=O)O)c(Cl)c(Cl)c1Cl. The standard InChI is InChI=1S/C8H2Cl3FO4/c9-3-2(8(14)15)6(12)7(16-1-13)5(11)4(3)10/h1H,(H,14,15). The number of carboxylic acids is 1. The fourth-order valence-corrected chi connectivity index (χ4v) is 1.66. The average Bonchev–Trinajstić information content (AvgIpc) is 2.21. The summed E-state index contributed by atoms with van der Waals surface area (Å²) in [6.45, 7) is -0.111. The Kier molecular flexibility index (Phi) is 3.96. The molecule has 4 nitrogen and oxygen atoms in total. The molecular formula is C8H2Cl3FO4. The van der Waals surface area contributed by atoms with Crippen molar-refractivity contribution in [1.29, 1.82) is 0 Å². The number of carbonyl (C=O) groups excluding carboxylic acids is 1. The van der Waals surface area contributed by atoms with Crippen molar-refractivity contribution in [3.8, 4) is 5.75 Å². The molecule has 0 atom stereocenters. The highest BCUT2D eigenvalue weighted by atomic mass is 35.5. The Morgan fingerprint density at radius 2 is 1.81 bits per heavy atom. The molecule has 0 aliphatic carbocycles. The van der Waals surface area contributed by atoms with Crippen LogP contribution in [0.2, 0.25) is 15.1 Å². The minimum atomic E-state index is -1.66. The van der Waals surface area contributed by atoms with Crippen LogP contribution in [0.15, 0.2) is 0 Å². The first-order chi connectivity index (χ1) is 7.41. The zero-order valence-corrected chi connectivity index (χ0v) is 9.53. The number of carbonyl (C=O) groups is 2. The third-order valence-electron chi connectivity index (χ3n) is 1.60. The predicted octanol–water partition coefficient (Wildman–Crippen LogP) is 3.02. The molecule has 0 spiro atoms. The molecule has 0 bridgehead atoms. The zero-order chi connectivity index (χ0) is 12.5. The molecule has 0 heterocycles. The minimum Gasteiger partial charge on any atom is -0.478 e. The third-order valence-corrected chi connectivity index (χ3v) is 2.91. The van der Waals surface area contributed by atoms with Gasteiger partial charge < -0.3 is 9.84 Å². The molecule has 0 aromatic heterocycles. The van der Waals surface area contributed by atoms with E-state index in [1.165, 1.54) is 0 Å². The Balaban J connectivity index is 3.65. The first kappa shape index (κ1) is 13.0. The molecule has 0 radical (unpaired) electrons. The van der Waals surface area contributed by atoms with Crippen LogP contribution in [-0.2, 0) is 4.79 Å². The molecule has 0 saturated carbocycles. The van der Waals surface area contributed by atoms with Gasteiger partial charge in [-0.05, 0) is 0 Å². The molecular weight excluding hydrogens is 285 g/mol. The number of hydrogen-bond acceptors (Lipinski definition) is 3. The Bertz CT molecular complexity index is 475. The Morgan fingerprint density at radius 3 is 2.25 bits per heavy atom. The van der Waals surface area contributed by atoms with E-state index in [9.17, 15) is 14.0 Å². The summed E-state index contributed by atoms with van der Waals surface area (Å²) in [5.41, 5.74) is -0.909. The monoisotopic (exact) mass is 286 g/mol. The van der Waals surface area contributed by atoms with E-state index >= 15 is 0 Å². The van der Waals surface area contributed by atoms with Crippen molar-refractivity contribution in [2.24, 2.45) is 0 Å². The van der Waals surface area contributed by atoms with Gasteiger partial charge in [0.2, 0.25) is 0 Å². The van der Waals surface area contributed by atoms with Crippen LogP contribution in [0.5, 0.6) is 5.75 Å². The van der Waals surface area contributed by atoms with E-state index in [0.717, 1.165) is 0 Å². The predicted molar refractivity (Wildman–Crippen MR) is 55.1 cm³/mol. The van der Waals surface area contributed by atoms with Crippen molar-refractivity contribution < 1.29 is 23.8 Å². The second-order valence-corrected chi connectivity index (χ2v) is 3.61. The molecule has 1 aromatic carbocycles. The van der Waals surface area contributed by atoms with E-state index in [1.807, 2.05) is 0 Å². The van der Waals surface area contributed by atoms with Crippen molar-refractivity contribution >= 4 is 47.2 Å². The highest BCUT2D eigenvalue weighted by molar-refractivity contribution is 6.49. The van der Waals surface area contributed by atoms with Gasteiger partial charge in [0, 0.05) is 0 Å². The van der Waals surface area contributed by atoms with Gasteiger partial charge in [-0.3, -0.25) is 4.79 Å². The van der Waals surface area contributed by atoms with Crippen LogP contribution in [0.25, 0.3) is 0 Å². The van der Waals surface area contributed by atoms with E-state index in [0.29, 0.717) is 0 Å². The molecule has 1 N–H and O–H groups in total. The molecule has 0 aliphatic rings. The van der Waals surface area contributed by atoms with Gasteiger partial charge in [-0.15, -0.1) is 0 Å². The summed E-state index contributed by atoms with van der Waals surface area (Å²) in [5, 5.41) is 7.25. The van der Waals surface area contributed by atoms with Crippen LogP contribution in [0.1, 0.15) is 10.4 Å². The summed E-state index contributed by atoms with van der Waals surface area (Å²) in [7, 11) is 0. The second-order valence-electron chi connectivity index (χ2n) is 2.48. The first-order valence-electron chi connectivity index (χ1n) is 3.61. The number of halogens is 4. The normalized spacial score (nSPS) is 10.0.